The summed E-state index contributed by atoms with van der Waals surface area (Å²) < 4.78 is 6.24. The Kier molecular flexibility index (Phi) is 6.79. The van der Waals surface area contributed by atoms with Crippen LogP contribution in [0.25, 0.3) is 11.0 Å². The lowest BCUT2D eigenvalue weighted by Gasteiger charge is -2.35. The standard InChI is InChI=1S/C23H28BrN5O5S/c1-2-34-22(33)16-17-21(32)28(9-5-6-10-30)19(23(17)11-13(24)18(16)35-23)20(31)25-12-29-15-8-4-3-7-14(15)26-27-29/h3-4,7-8,13,16-19,30H,2,5-6,9-12H2,1H3,(H,25,31)/t13?,16-,17+,18-,19?,23?/m1/s1. The molecule has 4 heterocycles. The van der Waals surface area contributed by atoms with Crippen molar-refractivity contribution in [3.8, 4) is 0 Å². The van der Waals surface area contributed by atoms with E-state index in [4.69, 9.17) is 4.74 Å². The van der Waals surface area contributed by atoms with E-state index in [1.165, 1.54) is 0 Å². The molecule has 10 nitrogen and oxygen atoms in total. The van der Waals surface area contributed by atoms with E-state index in [9.17, 15) is 19.5 Å². The van der Waals surface area contributed by atoms with E-state index in [-0.39, 0.29) is 47.7 Å². The van der Waals surface area contributed by atoms with Crippen LogP contribution in [0.1, 0.15) is 26.2 Å². The Labute approximate surface area is 215 Å². The molecule has 0 aliphatic carbocycles. The van der Waals surface area contributed by atoms with Gasteiger partial charge in [0.15, 0.2) is 0 Å². The van der Waals surface area contributed by atoms with E-state index in [1.807, 2.05) is 24.3 Å². The number of aliphatic hydroxyl groups is 1. The number of nitrogens with one attached hydrogen (secondary N) is 1. The Hall–Kier alpha value is -2.18. The van der Waals surface area contributed by atoms with Crippen LogP contribution in [0.15, 0.2) is 24.3 Å². The van der Waals surface area contributed by atoms with Crippen LogP contribution in [-0.4, -0.2) is 83.4 Å². The topological polar surface area (TPSA) is 127 Å². The van der Waals surface area contributed by atoms with Gasteiger partial charge in [0, 0.05) is 23.2 Å². The van der Waals surface area contributed by atoms with Crippen molar-refractivity contribution in [3.05, 3.63) is 24.3 Å². The summed E-state index contributed by atoms with van der Waals surface area (Å²) in [5, 5.41) is 20.4. The van der Waals surface area contributed by atoms with Gasteiger partial charge in [0.25, 0.3) is 0 Å². The molecule has 35 heavy (non-hydrogen) atoms. The van der Waals surface area contributed by atoms with Gasteiger partial charge in [-0.3, -0.25) is 14.4 Å². The third-order valence-corrected chi connectivity index (χ3v) is 10.4. The van der Waals surface area contributed by atoms with Crippen molar-refractivity contribution in [2.75, 3.05) is 19.8 Å². The number of para-hydroxylation sites is 1. The number of alkyl halides is 1. The Morgan fingerprint density at radius 2 is 2.14 bits per heavy atom. The molecule has 0 saturated carbocycles. The van der Waals surface area contributed by atoms with Gasteiger partial charge in [-0.2, -0.15) is 0 Å². The lowest BCUT2D eigenvalue weighted by Crippen LogP contribution is -2.54. The molecule has 12 heteroatoms. The third-order valence-electron chi connectivity index (χ3n) is 7.23. The second kappa shape index (κ2) is 9.70. The minimum atomic E-state index is -0.733. The number of hydrogen-bond acceptors (Lipinski definition) is 8. The fourth-order valence-corrected chi connectivity index (χ4v) is 9.46. The van der Waals surface area contributed by atoms with Gasteiger partial charge in [0.05, 0.1) is 28.7 Å². The fraction of sp³-hybridized carbons (Fsp3) is 0.609. The predicted octanol–water partition coefficient (Wildman–Crippen LogP) is 1.31. The molecule has 1 aromatic carbocycles. The first-order valence-corrected chi connectivity index (χ1v) is 13.7. The largest absolute Gasteiger partial charge is 0.466 e. The molecule has 3 fully saturated rings. The molecule has 2 amide bonds. The summed E-state index contributed by atoms with van der Waals surface area (Å²) in [4.78, 5) is 42.0. The maximum Gasteiger partial charge on any atom is 0.310 e. The highest BCUT2D eigenvalue weighted by Crippen LogP contribution is 2.67. The minimum absolute atomic E-state index is 0.00194. The van der Waals surface area contributed by atoms with Crippen LogP contribution in [0.4, 0.5) is 0 Å². The van der Waals surface area contributed by atoms with Crippen LogP contribution in [0.5, 0.6) is 0 Å². The smallest absolute Gasteiger partial charge is 0.310 e. The number of fused-ring (bicyclic) bond motifs is 2. The highest BCUT2D eigenvalue weighted by atomic mass is 79.9. The van der Waals surface area contributed by atoms with Gasteiger partial charge < -0.3 is 20.1 Å². The average Bonchev–Trinajstić information content (AvgIpc) is 3.55. The predicted molar refractivity (Wildman–Crippen MR) is 133 cm³/mol. The molecule has 2 N–H and O–H groups in total. The summed E-state index contributed by atoms with van der Waals surface area (Å²) in [5.41, 5.74) is 1.52. The van der Waals surface area contributed by atoms with Gasteiger partial charge in [-0.05, 0) is 38.3 Å². The lowest BCUT2D eigenvalue weighted by molar-refractivity contribution is -0.153. The van der Waals surface area contributed by atoms with E-state index >= 15 is 0 Å². The van der Waals surface area contributed by atoms with Gasteiger partial charge in [-0.15, -0.1) is 16.9 Å². The number of hydrogen-bond donors (Lipinski definition) is 2. The van der Waals surface area contributed by atoms with E-state index in [0.717, 1.165) is 11.0 Å². The molecular formula is C23H28BrN5O5S. The number of aliphatic hydroxyl groups excluding tert-OH is 1. The Balaban J connectivity index is 1.44. The fourth-order valence-electron chi connectivity index (χ4n) is 5.86. The number of likely N-dealkylation sites (tertiary alicyclic amines) is 1. The number of carbonyl (C=O) groups is 3. The number of thioether (sulfide) groups is 1. The number of halogens is 1. The van der Waals surface area contributed by atoms with E-state index < -0.39 is 22.6 Å². The van der Waals surface area contributed by atoms with Gasteiger partial charge in [0.1, 0.15) is 18.2 Å². The van der Waals surface area contributed by atoms with Crippen molar-refractivity contribution in [1.29, 1.82) is 0 Å². The quantitative estimate of drug-likeness (QED) is 0.264. The Morgan fingerprint density at radius 3 is 2.91 bits per heavy atom. The van der Waals surface area contributed by atoms with Gasteiger partial charge in [0.2, 0.25) is 11.8 Å². The summed E-state index contributed by atoms with van der Waals surface area (Å²) in [5.74, 6) is -2.03. The van der Waals surface area contributed by atoms with Crippen LogP contribution in [0.2, 0.25) is 0 Å². The number of esters is 1. The molecule has 5 rings (SSSR count). The van der Waals surface area contributed by atoms with Crippen LogP contribution in [0, 0.1) is 11.8 Å². The average molecular weight is 566 g/mol. The molecule has 6 atom stereocenters. The highest BCUT2D eigenvalue weighted by Gasteiger charge is 2.75. The first kappa shape index (κ1) is 24.5. The molecule has 3 aliphatic heterocycles. The Morgan fingerprint density at radius 1 is 1.34 bits per heavy atom. The highest BCUT2D eigenvalue weighted by molar-refractivity contribution is 9.09. The number of rotatable bonds is 9. The van der Waals surface area contributed by atoms with Crippen molar-refractivity contribution in [2.45, 2.75) is 53.7 Å². The summed E-state index contributed by atoms with van der Waals surface area (Å²) in [6, 6.07) is 6.75. The second-order valence-electron chi connectivity index (χ2n) is 9.15. The zero-order valence-electron chi connectivity index (χ0n) is 19.3. The zero-order chi connectivity index (χ0) is 24.7. The molecule has 1 spiro atoms. The number of aromatic nitrogens is 3. The number of nitrogens with zero attached hydrogens (tertiary/aromatic N) is 4. The minimum Gasteiger partial charge on any atom is -0.466 e. The molecule has 188 valence electrons. The van der Waals surface area contributed by atoms with Crippen molar-refractivity contribution in [3.63, 3.8) is 0 Å². The maximum absolute atomic E-state index is 13.7. The SMILES string of the molecule is CCOC(=O)[C@H]1[C@@H]2SC3(CC2Br)C(C(=O)NCn2nnc4ccccc42)N(CCCCO)C(=O)[C@H]13. The number of amides is 2. The van der Waals surface area contributed by atoms with Gasteiger partial charge in [-0.1, -0.05) is 33.3 Å². The lowest BCUT2D eigenvalue weighted by atomic mass is 9.71. The van der Waals surface area contributed by atoms with Crippen molar-refractivity contribution < 1.29 is 24.2 Å². The summed E-state index contributed by atoms with van der Waals surface area (Å²) in [7, 11) is 0. The van der Waals surface area contributed by atoms with E-state index in [1.54, 1.807) is 28.3 Å². The third kappa shape index (κ3) is 3.93. The first-order valence-electron chi connectivity index (χ1n) is 11.9. The van der Waals surface area contributed by atoms with E-state index in [2.05, 4.69) is 31.6 Å². The maximum atomic E-state index is 13.7. The molecule has 3 saturated heterocycles. The van der Waals surface area contributed by atoms with Crippen molar-refractivity contribution >= 4 is 56.5 Å². The summed E-state index contributed by atoms with van der Waals surface area (Å²) >= 11 is 5.29. The van der Waals surface area contributed by atoms with Crippen LogP contribution < -0.4 is 5.32 Å². The number of carbonyl (C=O) groups excluding carboxylic acids is 3. The number of unbranched alkanes of at least 4 members (excludes halogenated alkanes) is 1. The molecule has 1 aromatic heterocycles. The summed E-state index contributed by atoms with van der Waals surface area (Å²) in [6.07, 6.45) is 1.70. The number of ether oxygens (including phenoxy) is 1. The first-order chi connectivity index (χ1) is 16.9. The normalized spacial score (nSPS) is 31.2. The van der Waals surface area contributed by atoms with Gasteiger partial charge in [-0.25, -0.2) is 4.68 Å². The Bertz CT molecular complexity index is 1150. The molecular weight excluding hydrogens is 538 g/mol. The van der Waals surface area contributed by atoms with Crippen molar-refractivity contribution in [2.24, 2.45) is 11.8 Å². The monoisotopic (exact) mass is 565 g/mol. The molecule has 0 radical (unpaired) electrons. The summed E-state index contributed by atoms with van der Waals surface area (Å²) in [6.45, 7) is 2.46. The van der Waals surface area contributed by atoms with Crippen LogP contribution in [-0.2, 0) is 25.8 Å². The molecule has 3 aliphatic rings. The van der Waals surface area contributed by atoms with Crippen molar-refractivity contribution in [1.82, 2.24) is 25.2 Å². The zero-order valence-corrected chi connectivity index (χ0v) is 21.7. The van der Waals surface area contributed by atoms with Gasteiger partial charge >= 0.3 is 5.97 Å². The second-order valence-corrected chi connectivity index (χ2v) is 11.9. The van der Waals surface area contributed by atoms with Crippen LogP contribution in [0.3, 0.4) is 0 Å². The molecule has 2 bridgehead atoms. The molecule has 3 unspecified atom stereocenters. The molecule has 2 aromatic rings. The number of benzene rings is 1. The van der Waals surface area contributed by atoms with Crippen LogP contribution >= 0.6 is 27.7 Å². The van der Waals surface area contributed by atoms with E-state index in [0.29, 0.717) is 25.8 Å².